The molecule has 0 heterocycles. The predicted molar refractivity (Wildman–Crippen MR) is 117 cm³/mol. The fourth-order valence-electron chi connectivity index (χ4n) is 3.84. The van der Waals surface area contributed by atoms with E-state index in [2.05, 4.69) is 5.32 Å². The highest BCUT2D eigenvalue weighted by Gasteiger charge is 2.28. The zero-order valence-corrected chi connectivity index (χ0v) is 17.7. The SMILES string of the molecule is C[C@@H](C(=O)NC1CCCC1)N(Cc1ccccc1)C(=O)CCc1ccccc1Cl. The normalized spacial score (nSPS) is 15.1. The number of amides is 2. The molecule has 0 spiro atoms. The van der Waals surface area contributed by atoms with Gasteiger partial charge in [0.05, 0.1) is 0 Å². The standard InChI is InChI=1S/C24H29ClN2O2/c1-18(24(29)26-21-12-6-7-13-21)27(17-19-9-3-2-4-10-19)23(28)16-15-20-11-5-8-14-22(20)25/h2-5,8-11,14,18,21H,6-7,12-13,15-17H2,1H3,(H,26,29)/t18-/m0/s1. The number of aryl methyl sites for hydroxylation is 1. The summed E-state index contributed by atoms with van der Waals surface area (Å²) in [7, 11) is 0. The quantitative estimate of drug-likeness (QED) is 0.680. The highest BCUT2D eigenvalue weighted by molar-refractivity contribution is 6.31. The minimum atomic E-state index is -0.519. The molecule has 4 nitrogen and oxygen atoms in total. The Bertz CT molecular complexity index is 819. The maximum absolute atomic E-state index is 13.1. The Morgan fingerprint density at radius 3 is 2.41 bits per heavy atom. The number of hydrogen-bond donors (Lipinski definition) is 1. The van der Waals surface area contributed by atoms with Crippen molar-refractivity contribution in [2.24, 2.45) is 0 Å². The summed E-state index contributed by atoms with van der Waals surface area (Å²) in [6.07, 6.45) is 5.24. The Labute approximate surface area is 178 Å². The van der Waals surface area contributed by atoms with Crippen molar-refractivity contribution in [1.82, 2.24) is 10.2 Å². The molecule has 0 bridgehead atoms. The molecule has 3 rings (SSSR count). The number of carbonyl (C=O) groups is 2. The average Bonchev–Trinajstić information content (AvgIpc) is 3.24. The second-order valence-corrected chi connectivity index (χ2v) is 8.17. The first-order valence-electron chi connectivity index (χ1n) is 10.4. The number of rotatable bonds is 8. The molecule has 1 saturated carbocycles. The summed E-state index contributed by atoms with van der Waals surface area (Å²) in [5.41, 5.74) is 1.96. The zero-order valence-electron chi connectivity index (χ0n) is 16.9. The lowest BCUT2D eigenvalue weighted by molar-refractivity contribution is -0.140. The van der Waals surface area contributed by atoms with Gasteiger partial charge in [0, 0.05) is 24.0 Å². The maximum Gasteiger partial charge on any atom is 0.242 e. The van der Waals surface area contributed by atoms with Crippen LogP contribution in [0.4, 0.5) is 0 Å². The summed E-state index contributed by atoms with van der Waals surface area (Å²) in [5, 5.41) is 3.80. The van der Waals surface area contributed by atoms with E-state index in [1.807, 2.05) is 61.5 Å². The van der Waals surface area contributed by atoms with E-state index < -0.39 is 6.04 Å². The van der Waals surface area contributed by atoms with Crippen LogP contribution >= 0.6 is 11.6 Å². The van der Waals surface area contributed by atoms with Crippen molar-refractivity contribution in [3.63, 3.8) is 0 Å². The lowest BCUT2D eigenvalue weighted by Crippen LogP contribution is -2.49. The second kappa shape index (κ2) is 10.4. The number of nitrogens with zero attached hydrogens (tertiary/aromatic N) is 1. The Balaban J connectivity index is 1.69. The van der Waals surface area contributed by atoms with Crippen LogP contribution < -0.4 is 5.32 Å². The van der Waals surface area contributed by atoms with Crippen LogP contribution in [0, 0.1) is 0 Å². The number of halogens is 1. The molecular formula is C24H29ClN2O2. The summed E-state index contributed by atoms with van der Waals surface area (Å²) < 4.78 is 0. The summed E-state index contributed by atoms with van der Waals surface area (Å²) in [6, 6.07) is 17.1. The molecule has 1 N–H and O–H groups in total. The fraction of sp³-hybridized carbons (Fsp3) is 0.417. The molecule has 0 aliphatic heterocycles. The second-order valence-electron chi connectivity index (χ2n) is 7.76. The number of hydrogen-bond acceptors (Lipinski definition) is 2. The van der Waals surface area contributed by atoms with Crippen molar-refractivity contribution in [1.29, 1.82) is 0 Å². The van der Waals surface area contributed by atoms with E-state index in [9.17, 15) is 9.59 Å². The Morgan fingerprint density at radius 1 is 1.07 bits per heavy atom. The molecule has 1 aliphatic rings. The van der Waals surface area contributed by atoms with Crippen LogP contribution in [-0.4, -0.2) is 28.8 Å². The van der Waals surface area contributed by atoms with E-state index in [1.165, 1.54) is 0 Å². The maximum atomic E-state index is 13.1. The molecule has 1 atom stereocenters. The Morgan fingerprint density at radius 2 is 1.72 bits per heavy atom. The van der Waals surface area contributed by atoms with Crippen molar-refractivity contribution in [2.75, 3.05) is 0 Å². The molecule has 2 amide bonds. The number of benzene rings is 2. The third kappa shape index (κ3) is 6.07. The Kier molecular flexibility index (Phi) is 7.70. The first-order valence-corrected chi connectivity index (χ1v) is 10.8. The topological polar surface area (TPSA) is 49.4 Å². The molecule has 0 saturated heterocycles. The molecule has 1 fully saturated rings. The van der Waals surface area contributed by atoms with Crippen LogP contribution in [0.15, 0.2) is 54.6 Å². The van der Waals surface area contributed by atoms with E-state index in [-0.39, 0.29) is 17.9 Å². The molecule has 0 unspecified atom stereocenters. The molecule has 2 aromatic rings. The van der Waals surface area contributed by atoms with Crippen molar-refractivity contribution in [3.05, 3.63) is 70.7 Å². The monoisotopic (exact) mass is 412 g/mol. The smallest absolute Gasteiger partial charge is 0.242 e. The van der Waals surface area contributed by atoms with Crippen LogP contribution in [0.2, 0.25) is 5.02 Å². The lowest BCUT2D eigenvalue weighted by Gasteiger charge is -2.30. The van der Waals surface area contributed by atoms with Crippen LogP contribution in [-0.2, 0) is 22.6 Å². The molecule has 0 aromatic heterocycles. The van der Waals surface area contributed by atoms with Crippen LogP contribution in [0.25, 0.3) is 0 Å². The van der Waals surface area contributed by atoms with Gasteiger partial charge in [0.15, 0.2) is 0 Å². The highest BCUT2D eigenvalue weighted by atomic mass is 35.5. The average molecular weight is 413 g/mol. The van der Waals surface area contributed by atoms with E-state index in [4.69, 9.17) is 11.6 Å². The zero-order chi connectivity index (χ0) is 20.6. The third-order valence-electron chi connectivity index (χ3n) is 5.63. The highest BCUT2D eigenvalue weighted by Crippen LogP contribution is 2.20. The molecular weight excluding hydrogens is 384 g/mol. The lowest BCUT2D eigenvalue weighted by atomic mass is 10.1. The van der Waals surface area contributed by atoms with Gasteiger partial charge in [-0.25, -0.2) is 0 Å². The van der Waals surface area contributed by atoms with Gasteiger partial charge in [-0.3, -0.25) is 9.59 Å². The van der Waals surface area contributed by atoms with E-state index in [0.29, 0.717) is 24.4 Å². The molecule has 154 valence electrons. The number of carbonyl (C=O) groups excluding carboxylic acids is 2. The molecule has 29 heavy (non-hydrogen) atoms. The first kappa shape index (κ1) is 21.4. The predicted octanol–water partition coefficient (Wildman–Crippen LogP) is 4.75. The largest absolute Gasteiger partial charge is 0.352 e. The molecule has 1 aliphatic carbocycles. The van der Waals surface area contributed by atoms with Crippen molar-refractivity contribution < 1.29 is 9.59 Å². The van der Waals surface area contributed by atoms with Crippen LogP contribution in [0.5, 0.6) is 0 Å². The van der Waals surface area contributed by atoms with Gasteiger partial charge in [-0.2, -0.15) is 0 Å². The summed E-state index contributed by atoms with van der Waals surface area (Å²) in [6.45, 7) is 2.24. The van der Waals surface area contributed by atoms with Gasteiger partial charge < -0.3 is 10.2 Å². The van der Waals surface area contributed by atoms with Crippen molar-refractivity contribution in [2.45, 2.75) is 64.1 Å². The fourth-order valence-corrected chi connectivity index (χ4v) is 4.07. The van der Waals surface area contributed by atoms with Gasteiger partial charge in [0.2, 0.25) is 11.8 Å². The summed E-state index contributed by atoms with van der Waals surface area (Å²) in [5.74, 6) is -0.109. The van der Waals surface area contributed by atoms with E-state index in [1.54, 1.807) is 4.90 Å². The molecule has 5 heteroatoms. The van der Waals surface area contributed by atoms with Gasteiger partial charge in [-0.15, -0.1) is 0 Å². The van der Waals surface area contributed by atoms with Crippen molar-refractivity contribution in [3.8, 4) is 0 Å². The Hall–Kier alpha value is -2.33. The van der Waals surface area contributed by atoms with Crippen molar-refractivity contribution >= 4 is 23.4 Å². The van der Waals surface area contributed by atoms with Gasteiger partial charge >= 0.3 is 0 Å². The minimum absolute atomic E-state index is 0.0390. The van der Waals surface area contributed by atoms with Gasteiger partial charge in [0.1, 0.15) is 6.04 Å². The first-order chi connectivity index (χ1) is 14.0. The van der Waals surface area contributed by atoms with Crippen LogP contribution in [0.3, 0.4) is 0 Å². The molecule has 2 aromatic carbocycles. The van der Waals surface area contributed by atoms with Gasteiger partial charge in [-0.05, 0) is 43.4 Å². The number of nitrogens with one attached hydrogen (secondary N) is 1. The summed E-state index contributed by atoms with van der Waals surface area (Å²) >= 11 is 6.24. The van der Waals surface area contributed by atoms with Gasteiger partial charge in [0.25, 0.3) is 0 Å². The minimum Gasteiger partial charge on any atom is -0.352 e. The molecule has 0 radical (unpaired) electrons. The van der Waals surface area contributed by atoms with E-state index in [0.717, 1.165) is 36.8 Å². The van der Waals surface area contributed by atoms with Crippen LogP contribution in [0.1, 0.15) is 50.2 Å². The van der Waals surface area contributed by atoms with E-state index >= 15 is 0 Å². The third-order valence-corrected chi connectivity index (χ3v) is 6.00. The van der Waals surface area contributed by atoms with Gasteiger partial charge in [-0.1, -0.05) is 73.0 Å². The summed E-state index contributed by atoms with van der Waals surface area (Å²) in [4.78, 5) is 27.6.